The summed E-state index contributed by atoms with van der Waals surface area (Å²) in [6.45, 7) is 0. The molecule has 1 aromatic rings. The molecule has 0 saturated carbocycles. The minimum atomic E-state index is -0.366. The first kappa shape index (κ1) is 15.4. The van der Waals surface area contributed by atoms with Crippen molar-refractivity contribution in [2.75, 3.05) is 33.1 Å². The Kier molecular flexibility index (Phi) is 3.73. The Balaban J connectivity index is 2.42. The van der Waals surface area contributed by atoms with Crippen LogP contribution in [0, 0.1) is 10.1 Å². The van der Waals surface area contributed by atoms with Crippen molar-refractivity contribution in [3.05, 3.63) is 45.8 Å². The molecule has 1 aliphatic carbocycles. The van der Waals surface area contributed by atoms with Crippen molar-refractivity contribution < 1.29 is 4.92 Å². The number of hydrogen-bond acceptors (Lipinski definition) is 5. The van der Waals surface area contributed by atoms with Crippen LogP contribution in [0.3, 0.4) is 0 Å². The fraction of sp³-hybridized carbons (Fsp3) is 0.250. The van der Waals surface area contributed by atoms with E-state index in [2.05, 4.69) is 11.1 Å². The van der Waals surface area contributed by atoms with Gasteiger partial charge >= 0.3 is 0 Å². The maximum absolute atomic E-state index is 11.4. The molecule has 118 valence electrons. The second-order valence-electron chi connectivity index (χ2n) is 5.72. The van der Waals surface area contributed by atoms with Gasteiger partial charge in [0.05, 0.1) is 20.2 Å². The van der Waals surface area contributed by atoms with Gasteiger partial charge in [0.15, 0.2) is 5.52 Å². The van der Waals surface area contributed by atoms with Crippen molar-refractivity contribution in [3.8, 4) is 10.6 Å². The molecular formula is C16H17N4O2S+. The van der Waals surface area contributed by atoms with E-state index in [9.17, 15) is 10.1 Å². The summed E-state index contributed by atoms with van der Waals surface area (Å²) in [7, 11) is 7.70. The van der Waals surface area contributed by atoms with Crippen molar-refractivity contribution in [2.24, 2.45) is 0 Å². The average molecular weight is 329 g/mol. The smallest absolute Gasteiger partial charge is 0.298 e. The number of rotatable bonds is 2. The average Bonchev–Trinajstić information content (AvgIpc) is 2.50. The van der Waals surface area contributed by atoms with Gasteiger partial charge in [0, 0.05) is 38.0 Å². The highest BCUT2D eigenvalue weighted by Gasteiger charge is 2.19. The van der Waals surface area contributed by atoms with E-state index in [1.807, 2.05) is 55.9 Å². The summed E-state index contributed by atoms with van der Waals surface area (Å²) < 4.78 is 2.83. The van der Waals surface area contributed by atoms with Gasteiger partial charge in [-0.2, -0.15) is 0 Å². The highest BCUT2D eigenvalue weighted by atomic mass is 32.1. The molecule has 1 aromatic carbocycles. The Morgan fingerprint density at radius 2 is 1.91 bits per heavy atom. The molecule has 23 heavy (non-hydrogen) atoms. The van der Waals surface area contributed by atoms with Gasteiger partial charge in [0.1, 0.15) is 14.1 Å². The molecule has 6 nitrogen and oxygen atoms in total. The number of non-ortho nitro benzene ring substituents is 1. The van der Waals surface area contributed by atoms with Crippen LogP contribution in [0.15, 0.2) is 30.3 Å². The van der Waals surface area contributed by atoms with E-state index in [0.29, 0.717) is 5.52 Å². The zero-order valence-electron chi connectivity index (χ0n) is 13.4. The third kappa shape index (κ3) is 2.75. The topological polar surface area (TPSA) is 62.3 Å². The normalized spacial score (nSPS) is 11.0. The van der Waals surface area contributed by atoms with E-state index >= 15 is 0 Å². The third-order valence-electron chi connectivity index (χ3n) is 3.66. The predicted molar refractivity (Wildman–Crippen MR) is 94.3 cm³/mol. The minimum absolute atomic E-state index is 0.0426. The number of nitrogens with zero attached hydrogens (tertiary/aromatic N) is 4. The van der Waals surface area contributed by atoms with Crippen LogP contribution in [0.4, 0.5) is 11.4 Å². The molecule has 1 aliphatic heterocycles. The first-order chi connectivity index (χ1) is 10.9. The predicted octanol–water partition coefficient (Wildman–Crippen LogP) is 2.41. The number of anilines is 1. The lowest BCUT2D eigenvalue weighted by molar-refractivity contribution is -0.383. The number of nitro groups is 1. The van der Waals surface area contributed by atoms with Crippen molar-refractivity contribution in [3.63, 3.8) is 0 Å². The summed E-state index contributed by atoms with van der Waals surface area (Å²) in [5.74, 6) is 0. The molecule has 0 fully saturated rings. The van der Waals surface area contributed by atoms with Crippen LogP contribution in [0.2, 0.25) is 0 Å². The molecule has 0 amide bonds. The first-order valence-electron chi connectivity index (χ1n) is 7.07. The van der Waals surface area contributed by atoms with Crippen molar-refractivity contribution in [1.82, 2.24) is 9.56 Å². The zero-order chi connectivity index (χ0) is 16.7. The van der Waals surface area contributed by atoms with Crippen LogP contribution in [0.1, 0.15) is 0 Å². The molecule has 0 N–H and O–H groups in total. The molecule has 7 heteroatoms. The van der Waals surface area contributed by atoms with Gasteiger partial charge < -0.3 is 4.90 Å². The van der Waals surface area contributed by atoms with Gasteiger partial charge in [-0.05, 0) is 12.1 Å². The highest BCUT2D eigenvalue weighted by Crippen LogP contribution is 2.36. The van der Waals surface area contributed by atoms with Gasteiger partial charge in [-0.3, -0.25) is 10.1 Å². The van der Waals surface area contributed by atoms with Gasteiger partial charge in [-0.15, -0.1) is 11.3 Å². The molecule has 0 saturated heterocycles. The van der Waals surface area contributed by atoms with E-state index in [1.54, 1.807) is 6.07 Å². The molecule has 0 radical (unpaired) electrons. The lowest BCUT2D eigenvalue weighted by atomic mass is 10.2. The molecule has 0 unspecified atom stereocenters. The highest BCUT2D eigenvalue weighted by molar-refractivity contribution is 7.21. The Morgan fingerprint density at radius 3 is 2.52 bits per heavy atom. The maximum atomic E-state index is 11.4. The second-order valence-corrected chi connectivity index (χ2v) is 6.81. The van der Waals surface area contributed by atoms with Gasteiger partial charge in [-0.25, -0.2) is 9.56 Å². The number of fused-ring (bicyclic) bond motifs is 2. The van der Waals surface area contributed by atoms with E-state index in [1.165, 1.54) is 11.3 Å². The molecular weight excluding hydrogens is 312 g/mol. The van der Waals surface area contributed by atoms with Crippen LogP contribution >= 0.6 is 11.3 Å². The van der Waals surface area contributed by atoms with E-state index in [0.717, 1.165) is 26.3 Å². The van der Waals surface area contributed by atoms with E-state index in [4.69, 9.17) is 0 Å². The maximum Gasteiger partial charge on any atom is 0.298 e. The lowest BCUT2D eigenvalue weighted by Gasteiger charge is -2.14. The van der Waals surface area contributed by atoms with Crippen LogP contribution in [-0.4, -0.2) is 38.1 Å². The van der Waals surface area contributed by atoms with Crippen molar-refractivity contribution in [2.45, 2.75) is 0 Å². The SMILES string of the molecule is CN(C)c1cc([N+](=O)[O-])c2nc3ccc(=[N+](C)C)cc-3sc2c1. The number of hydrogen-bond donors (Lipinski definition) is 0. The molecule has 2 aliphatic rings. The first-order valence-corrected chi connectivity index (χ1v) is 7.89. The van der Waals surface area contributed by atoms with Crippen molar-refractivity contribution >= 4 is 32.9 Å². The number of benzene rings is 2. The fourth-order valence-electron chi connectivity index (χ4n) is 2.36. The number of aromatic nitrogens is 1. The monoisotopic (exact) mass is 329 g/mol. The van der Waals surface area contributed by atoms with E-state index in [-0.39, 0.29) is 10.6 Å². The summed E-state index contributed by atoms with van der Waals surface area (Å²) in [5.41, 5.74) is 2.05. The van der Waals surface area contributed by atoms with Gasteiger partial charge in [0.2, 0.25) is 5.36 Å². The van der Waals surface area contributed by atoms with Gasteiger partial charge in [-0.1, -0.05) is 0 Å². The Hall–Kier alpha value is -2.54. The largest absolute Gasteiger partial charge is 0.377 e. The Labute approximate surface area is 137 Å². The van der Waals surface area contributed by atoms with Crippen LogP contribution < -0.4 is 14.8 Å². The summed E-state index contributed by atoms with van der Waals surface area (Å²) in [6.07, 6.45) is 0. The molecule has 0 aromatic heterocycles. The van der Waals surface area contributed by atoms with Gasteiger partial charge in [0.25, 0.3) is 5.69 Å². The molecule has 1 heterocycles. The molecule has 0 bridgehead atoms. The van der Waals surface area contributed by atoms with Crippen LogP contribution in [-0.2, 0) is 0 Å². The third-order valence-corrected chi connectivity index (χ3v) is 4.74. The second kappa shape index (κ2) is 5.58. The van der Waals surface area contributed by atoms with Crippen molar-refractivity contribution in [1.29, 1.82) is 0 Å². The summed E-state index contributed by atoms with van der Waals surface area (Å²) >= 11 is 1.53. The summed E-state index contributed by atoms with van der Waals surface area (Å²) in [4.78, 5) is 18.4. The zero-order valence-corrected chi connectivity index (χ0v) is 14.2. The molecule has 0 spiro atoms. The standard InChI is InChI=1S/C16H17N4O2S/c1-18(2)10-5-6-12-14(8-10)23-15-9-11(19(3)4)7-13(20(21)22)16(15)17-12/h5-9H,1-4H3/q+1. The fourth-order valence-corrected chi connectivity index (χ4v) is 3.42. The van der Waals surface area contributed by atoms with Crippen LogP contribution in [0.5, 0.6) is 0 Å². The number of nitro benzene ring substituents is 1. The summed E-state index contributed by atoms with van der Waals surface area (Å²) in [5, 5.41) is 12.5. The molecule has 3 rings (SSSR count). The quantitative estimate of drug-likeness (QED) is 0.313. The van der Waals surface area contributed by atoms with Crippen LogP contribution in [0.25, 0.3) is 20.8 Å². The lowest BCUT2D eigenvalue weighted by Crippen LogP contribution is -2.21. The molecule has 0 atom stereocenters. The Bertz CT molecular complexity index is 958. The Morgan fingerprint density at radius 1 is 1.17 bits per heavy atom. The minimum Gasteiger partial charge on any atom is -0.377 e. The van der Waals surface area contributed by atoms with E-state index < -0.39 is 0 Å². The summed E-state index contributed by atoms with van der Waals surface area (Å²) in [6, 6.07) is 9.45.